The zero-order chi connectivity index (χ0) is 7.40. The lowest BCUT2D eigenvalue weighted by Gasteiger charge is -1.94. The van der Waals surface area contributed by atoms with Crippen LogP contribution in [0.25, 0.3) is 0 Å². The molecule has 0 aliphatic carbocycles. The van der Waals surface area contributed by atoms with Crippen LogP contribution < -0.4 is 4.74 Å². The first-order valence-corrected chi connectivity index (χ1v) is 2.67. The molecule has 1 aromatic heterocycles. The Morgan fingerprint density at radius 1 is 1.80 bits per heavy atom. The highest BCUT2D eigenvalue weighted by molar-refractivity contribution is 5.68. The average molecular weight is 142 g/mol. The molecule has 0 bridgehead atoms. The second kappa shape index (κ2) is 2.91. The third-order valence-corrected chi connectivity index (χ3v) is 0.833. The van der Waals surface area contributed by atoms with Crippen molar-refractivity contribution in [3.05, 3.63) is 18.4 Å². The van der Waals surface area contributed by atoms with E-state index in [-0.39, 0.29) is 12.6 Å². The number of hydrogen-bond donors (Lipinski definition) is 1. The molecule has 1 N–H and O–H groups in total. The molecule has 10 heavy (non-hydrogen) atoms. The number of aliphatic carboxylic acids is 1. The lowest BCUT2D eigenvalue weighted by Crippen LogP contribution is -2.08. The van der Waals surface area contributed by atoms with Crippen LogP contribution >= 0.6 is 0 Å². The molecule has 0 aromatic carbocycles. The Balaban J connectivity index is 2.35. The minimum absolute atomic E-state index is 0.224. The summed E-state index contributed by atoms with van der Waals surface area (Å²) in [6.07, 6.45) is 1.41. The van der Waals surface area contributed by atoms with Crippen LogP contribution in [0.1, 0.15) is 0 Å². The van der Waals surface area contributed by atoms with E-state index < -0.39 is 5.97 Å². The second-order valence-electron chi connectivity index (χ2n) is 1.61. The van der Waals surface area contributed by atoms with Gasteiger partial charge in [-0.15, -0.1) is 0 Å². The molecule has 0 unspecified atom stereocenters. The van der Waals surface area contributed by atoms with Crippen molar-refractivity contribution in [2.75, 3.05) is 6.61 Å². The highest BCUT2D eigenvalue weighted by Gasteiger charge is 1.99. The van der Waals surface area contributed by atoms with Gasteiger partial charge in [0.15, 0.2) is 6.61 Å². The normalized spacial score (nSPS) is 9.20. The molecule has 4 heteroatoms. The molecule has 0 atom stereocenters. The van der Waals surface area contributed by atoms with E-state index in [2.05, 4.69) is 4.74 Å². The maximum absolute atomic E-state index is 9.93. The van der Waals surface area contributed by atoms with Crippen LogP contribution in [0.3, 0.4) is 0 Å². The summed E-state index contributed by atoms with van der Waals surface area (Å²) in [5, 5.41) is 8.15. The predicted molar refractivity (Wildman–Crippen MR) is 31.8 cm³/mol. The fraction of sp³-hybridized carbons (Fsp3) is 0.167. The second-order valence-corrected chi connectivity index (χ2v) is 1.61. The van der Waals surface area contributed by atoms with Crippen LogP contribution in [0.5, 0.6) is 5.95 Å². The third kappa shape index (κ3) is 1.81. The SMILES string of the molecule is O=C(O)COc1ccco1. The molecule has 0 spiro atoms. The average Bonchev–Trinajstić information content (AvgIpc) is 2.34. The van der Waals surface area contributed by atoms with Gasteiger partial charge in [-0.3, -0.25) is 0 Å². The standard InChI is InChI=1S/C6H6O4/c7-5(8)4-10-6-2-1-3-9-6/h1-3H,4H2,(H,7,8). The highest BCUT2D eigenvalue weighted by atomic mass is 16.6. The molecular formula is C6H6O4. The van der Waals surface area contributed by atoms with Gasteiger partial charge in [-0.2, -0.15) is 0 Å². The largest absolute Gasteiger partial charge is 0.479 e. The number of furan rings is 1. The van der Waals surface area contributed by atoms with Crippen molar-refractivity contribution in [3.63, 3.8) is 0 Å². The van der Waals surface area contributed by atoms with Crippen molar-refractivity contribution in [2.24, 2.45) is 0 Å². The molecule has 4 nitrogen and oxygen atoms in total. The topological polar surface area (TPSA) is 59.7 Å². The first kappa shape index (κ1) is 6.67. The van der Waals surface area contributed by atoms with Crippen LogP contribution in [-0.2, 0) is 4.79 Å². The fourth-order valence-electron chi connectivity index (χ4n) is 0.478. The van der Waals surface area contributed by atoms with E-state index in [1.807, 2.05) is 0 Å². The molecule has 1 heterocycles. The Morgan fingerprint density at radius 3 is 3.10 bits per heavy atom. The summed E-state index contributed by atoms with van der Waals surface area (Å²) in [4.78, 5) is 9.93. The van der Waals surface area contributed by atoms with Crippen LogP contribution in [-0.4, -0.2) is 17.7 Å². The predicted octanol–water partition coefficient (Wildman–Crippen LogP) is 0.743. The van der Waals surface area contributed by atoms with E-state index in [9.17, 15) is 4.79 Å². The van der Waals surface area contributed by atoms with Crippen molar-refractivity contribution in [1.82, 2.24) is 0 Å². The van der Waals surface area contributed by atoms with Gasteiger partial charge in [-0.1, -0.05) is 0 Å². The van der Waals surface area contributed by atoms with E-state index in [4.69, 9.17) is 9.52 Å². The van der Waals surface area contributed by atoms with E-state index in [0.717, 1.165) is 0 Å². The molecule has 0 aliphatic heterocycles. The van der Waals surface area contributed by atoms with Crippen LogP contribution in [0, 0.1) is 0 Å². The van der Waals surface area contributed by atoms with Gasteiger partial charge in [0, 0.05) is 6.07 Å². The number of rotatable bonds is 3. The zero-order valence-corrected chi connectivity index (χ0v) is 5.11. The summed E-state index contributed by atoms with van der Waals surface area (Å²) < 4.78 is 9.34. The number of carbonyl (C=O) groups is 1. The van der Waals surface area contributed by atoms with Gasteiger partial charge in [-0.25, -0.2) is 4.79 Å². The summed E-state index contributed by atoms with van der Waals surface area (Å²) >= 11 is 0. The molecule has 54 valence electrons. The van der Waals surface area contributed by atoms with Gasteiger partial charge in [0.2, 0.25) is 0 Å². The first-order valence-electron chi connectivity index (χ1n) is 2.67. The third-order valence-electron chi connectivity index (χ3n) is 0.833. The van der Waals surface area contributed by atoms with Gasteiger partial charge in [0.05, 0.1) is 6.26 Å². The molecule has 0 saturated heterocycles. The molecule has 0 fully saturated rings. The number of hydrogen-bond acceptors (Lipinski definition) is 3. The summed E-state index contributed by atoms with van der Waals surface area (Å²) in [5.41, 5.74) is 0. The van der Waals surface area contributed by atoms with E-state index >= 15 is 0 Å². The molecular weight excluding hydrogens is 136 g/mol. The Hall–Kier alpha value is -1.45. The molecule has 0 aliphatic rings. The van der Waals surface area contributed by atoms with Gasteiger partial charge in [0.25, 0.3) is 5.95 Å². The highest BCUT2D eigenvalue weighted by Crippen LogP contribution is 2.08. The molecule has 0 saturated carbocycles. The Morgan fingerprint density at radius 2 is 2.60 bits per heavy atom. The number of carboxylic acid groups (broad SMARTS) is 1. The molecule has 0 radical (unpaired) electrons. The maximum Gasteiger partial charge on any atom is 0.341 e. The van der Waals surface area contributed by atoms with Gasteiger partial charge in [-0.05, 0) is 6.07 Å². The quantitative estimate of drug-likeness (QED) is 0.676. The Labute approximate surface area is 57.0 Å². The Bertz CT molecular complexity index is 202. The van der Waals surface area contributed by atoms with E-state index in [1.54, 1.807) is 12.1 Å². The van der Waals surface area contributed by atoms with Crippen LogP contribution in [0.15, 0.2) is 22.8 Å². The van der Waals surface area contributed by atoms with E-state index in [0.29, 0.717) is 0 Å². The minimum atomic E-state index is -1.02. The summed E-state index contributed by atoms with van der Waals surface area (Å²) in [6, 6.07) is 3.17. The van der Waals surface area contributed by atoms with Crippen LogP contribution in [0.4, 0.5) is 0 Å². The number of carboxylic acids is 1. The smallest absolute Gasteiger partial charge is 0.341 e. The summed E-state index contributed by atoms with van der Waals surface area (Å²) in [6.45, 7) is -0.368. The van der Waals surface area contributed by atoms with Crippen molar-refractivity contribution in [2.45, 2.75) is 0 Å². The van der Waals surface area contributed by atoms with Crippen molar-refractivity contribution in [3.8, 4) is 5.95 Å². The van der Waals surface area contributed by atoms with Crippen LogP contribution in [0.2, 0.25) is 0 Å². The Kier molecular flexibility index (Phi) is 1.94. The number of ether oxygens (including phenoxy) is 1. The molecule has 1 aromatic rings. The lowest BCUT2D eigenvalue weighted by atomic mass is 10.6. The van der Waals surface area contributed by atoms with Crippen molar-refractivity contribution < 1.29 is 19.1 Å². The summed E-state index contributed by atoms with van der Waals surface area (Å²) in [5.74, 6) is -0.793. The summed E-state index contributed by atoms with van der Waals surface area (Å²) in [7, 11) is 0. The van der Waals surface area contributed by atoms with Crippen molar-refractivity contribution >= 4 is 5.97 Å². The monoisotopic (exact) mass is 142 g/mol. The van der Waals surface area contributed by atoms with Gasteiger partial charge >= 0.3 is 5.97 Å². The lowest BCUT2D eigenvalue weighted by molar-refractivity contribution is -0.139. The van der Waals surface area contributed by atoms with Gasteiger partial charge < -0.3 is 14.3 Å². The fourth-order valence-corrected chi connectivity index (χ4v) is 0.478. The minimum Gasteiger partial charge on any atom is -0.479 e. The molecule has 0 amide bonds. The first-order chi connectivity index (χ1) is 4.79. The van der Waals surface area contributed by atoms with E-state index in [1.165, 1.54) is 6.26 Å². The van der Waals surface area contributed by atoms with Crippen molar-refractivity contribution in [1.29, 1.82) is 0 Å². The molecule has 1 rings (SSSR count). The zero-order valence-electron chi connectivity index (χ0n) is 5.11. The maximum atomic E-state index is 9.93. The van der Waals surface area contributed by atoms with Gasteiger partial charge in [0.1, 0.15) is 0 Å².